The van der Waals surface area contributed by atoms with Gasteiger partial charge in [0.2, 0.25) is 0 Å². The largest absolute Gasteiger partial charge is 0.294 e. The maximum Gasteiger partial charge on any atom is 0.280 e. The maximum absolute atomic E-state index is 13.2. The van der Waals surface area contributed by atoms with Gasteiger partial charge in [0, 0.05) is 11.9 Å². The maximum atomic E-state index is 13.2. The van der Waals surface area contributed by atoms with Crippen molar-refractivity contribution in [2.75, 3.05) is 0 Å². The molecule has 0 saturated heterocycles. The third-order valence-electron chi connectivity index (χ3n) is 3.84. The molecule has 6 heteroatoms. The predicted molar refractivity (Wildman–Crippen MR) is 96.5 cm³/mol. The van der Waals surface area contributed by atoms with Gasteiger partial charge >= 0.3 is 0 Å². The number of aromatic amines is 1. The first kappa shape index (κ1) is 16.8. The molecule has 5 nitrogen and oxygen atoms in total. The molecule has 1 N–H and O–H groups in total. The number of hydrogen-bond acceptors (Lipinski definition) is 3. The molecule has 0 amide bonds. The van der Waals surface area contributed by atoms with Gasteiger partial charge in [-0.05, 0) is 49.7 Å². The summed E-state index contributed by atoms with van der Waals surface area (Å²) in [4.78, 5) is 21.6. The second-order valence-electron chi connectivity index (χ2n) is 5.72. The Bertz CT molecular complexity index is 940. The van der Waals surface area contributed by atoms with E-state index in [-0.39, 0.29) is 11.4 Å². The second-order valence-corrected chi connectivity index (χ2v) is 5.72. The molecular formula is C19H19FN4O. The van der Waals surface area contributed by atoms with E-state index in [4.69, 9.17) is 0 Å². The molecule has 2 heterocycles. The van der Waals surface area contributed by atoms with E-state index in [1.165, 1.54) is 16.8 Å². The minimum absolute atomic E-state index is 0.202. The standard InChI is InChI=1S/C19H19FN4O/c1-3-6-16-18(13(2)22-17-7-4-5-12-21-17)19(25)24(23-16)15-10-8-14(20)9-11-15/h4-5,7-12,23H,3,6H2,1-2H3/b22-13+. The summed E-state index contributed by atoms with van der Waals surface area (Å²) >= 11 is 0. The summed E-state index contributed by atoms with van der Waals surface area (Å²) in [6.07, 6.45) is 3.26. The summed E-state index contributed by atoms with van der Waals surface area (Å²) in [6, 6.07) is 11.2. The Hall–Kier alpha value is -3.02. The summed E-state index contributed by atoms with van der Waals surface area (Å²) in [7, 11) is 0. The fourth-order valence-electron chi connectivity index (χ4n) is 2.71. The molecule has 25 heavy (non-hydrogen) atoms. The predicted octanol–water partition coefficient (Wildman–Crippen LogP) is 3.79. The van der Waals surface area contributed by atoms with Gasteiger partial charge in [-0.3, -0.25) is 9.89 Å². The van der Waals surface area contributed by atoms with Crippen LogP contribution in [0.25, 0.3) is 5.69 Å². The topological polar surface area (TPSA) is 63.0 Å². The van der Waals surface area contributed by atoms with Crippen LogP contribution >= 0.6 is 0 Å². The lowest BCUT2D eigenvalue weighted by atomic mass is 10.1. The first-order chi connectivity index (χ1) is 12.1. The lowest BCUT2D eigenvalue weighted by molar-refractivity contribution is 0.626. The van der Waals surface area contributed by atoms with Crippen molar-refractivity contribution in [3.63, 3.8) is 0 Å². The molecule has 0 aliphatic heterocycles. The normalized spacial score (nSPS) is 11.7. The van der Waals surface area contributed by atoms with Crippen LogP contribution in [0.1, 0.15) is 31.5 Å². The molecule has 3 rings (SSSR count). The van der Waals surface area contributed by atoms with E-state index in [1.54, 1.807) is 31.3 Å². The van der Waals surface area contributed by atoms with Gasteiger partial charge in [0.1, 0.15) is 5.82 Å². The van der Waals surface area contributed by atoms with Crippen molar-refractivity contribution in [1.82, 2.24) is 14.8 Å². The van der Waals surface area contributed by atoms with Gasteiger partial charge in [0.05, 0.1) is 17.0 Å². The van der Waals surface area contributed by atoms with Crippen molar-refractivity contribution in [3.8, 4) is 5.69 Å². The highest BCUT2D eigenvalue weighted by atomic mass is 19.1. The number of halogens is 1. The van der Waals surface area contributed by atoms with Gasteiger partial charge in [0.15, 0.2) is 5.82 Å². The van der Waals surface area contributed by atoms with Gasteiger partial charge in [-0.15, -0.1) is 0 Å². The van der Waals surface area contributed by atoms with Crippen LogP contribution in [-0.2, 0) is 6.42 Å². The van der Waals surface area contributed by atoms with Gasteiger partial charge in [-0.1, -0.05) is 19.4 Å². The minimum atomic E-state index is -0.342. The van der Waals surface area contributed by atoms with Crippen LogP contribution in [0.5, 0.6) is 0 Å². The lowest BCUT2D eigenvalue weighted by Crippen LogP contribution is -2.19. The van der Waals surface area contributed by atoms with E-state index in [9.17, 15) is 9.18 Å². The number of pyridine rings is 1. The molecule has 0 unspecified atom stereocenters. The molecule has 128 valence electrons. The molecule has 0 aliphatic rings. The Morgan fingerprint density at radius 1 is 1.24 bits per heavy atom. The Morgan fingerprint density at radius 2 is 2.00 bits per heavy atom. The van der Waals surface area contributed by atoms with E-state index >= 15 is 0 Å². The Morgan fingerprint density at radius 3 is 2.64 bits per heavy atom. The van der Waals surface area contributed by atoms with Crippen molar-refractivity contribution in [1.29, 1.82) is 0 Å². The highest BCUT2D eigenvalue weighted by Gasteiger charge is 2.17. The zero-order valence-electron chi connectivity index (χ0n) is 14.2. The zero-order valence-corrected chi connectivity index (χ0v) is 14.2. The number of nitrogens with zero attached hydrogens (tertiary/aromatic N) is 3. The average molecular weight is 338 g/mol. The molecule has 0 aliphatic carbocycles. The summed E-state index contributed by atoms with van der Waals surface area (Å²) in [6.45, 7) is 3.84. The number of aromatic nitrogens is 3. The monoisotopic (exact) mass is 338 g/mol. The van der Waals surface area contributed by atoms with E-state index in [0.29, 0.717) is 29.2 Å². The third-order valence-corrected chi connectivity index (χ3v) is 3.84. The molecule has 3 aromatic rings. The molecule has 0 fully saturated rings. The third kappa shape index (κ3) is 3.57. The number of aliphatic imine (C=N–C) groups is 1. The van der Waals surface area contributed by atoms with Crippen molar-refractivity contribution in [2.45, 2.75) is 26.7 Å². The molecule has 0 radical (unpaired) electrons. The van der Waals surface area contributed by atoms with Crippen LogP contribution in [0, 0.1) is 5.82 Å². The Balaban J connectivity index is 2.11. The smallest absolute Gasteiger partial charge is 0.280 e. The van der Waals surface area contributed by atoms with Crippen molar-refractivity contribution < 1.29 is 4.39 Å². The van der Waals surface area contributed by atoms with Gasteiger partial charge < -0.3 is 0 Å². The molecule has 1 aromatic carbocycles. The van der Waals surface area contributed by atoms with E-state index in [1.807, 2.05) is 19.1 Å². The highest BCUT2D eigenvalue weighted by molar-refractivity contribution is 6.00. The number of benzene rings is 1. The number of aryl methyl sites for hydroxylation is 1. The molecule has 2 aromatic heterocycles. The van der Waals surface area contributed by atoms with E-state index < -0.39 is 0 Å². The minimum Gasteiger partial charge on any atom is -0.294 e. The van der Waals surface area contributed by atoms with Crippen LogP contribution in [0.3, 0.4) is 0 Å². The first-order valence-electron chi connectivity index (χ1n) is 8.16. The molecule has 0 atom stereocenters. The summed E-state index contributed by atoms with van der Waals surface area (Å²) in [5.41, 5.74) is 2.34. The van der Waals surface area contributed by atoms with Gasteiger partial charge in [-0.2, -0.15) is 0 Å². The van der Waals surface area contributed by atoms with Crippen molar-refractivity contribution in [3.05, 3.63) is 76.1 Å². The Kier molecular flexibility index (Phi) is 4.88. The molecular weight excluding hydrogens is 319 g/mol. The van der Waals surface area contributed by atoms with E-state index in [2.05, 4.69) is 15.1 Å². The van der Waals surface area contributed by atoms with E-state index in [0.717, 1.165) is 12.1 Å². The molecule has 0 bridgehead atoms. The number of H-pyrrole nitrogens is 1. The fraction of sp³-hybridized carbons (Fsp3) is 0.211. The lowest BCUT2D eigenvalue weighted by Gasteiger charge is -2.01. The van der Waals surface area contributed by atoms with Crippen LogP contribution in [0.15, 0.2) is 58.4 Å². The van der Waals surface area contributed by atoms with Crippen LogP contribution in [0.4, 0.5) is 10.2 Å². The van der Waals surface area contributed by atoms with Crippen LogP contribution < -0.4 is 5.56 Å². The summed E-state index contributed by atoms with van der Waals surface area (Å²) in [5, 5.41) is 3.13. The van der Waals surface area contributed by atoms with Crippen molar-refractivity contribution in [2.24, 2.45) is 4.99 Å². The van der Waals surface area contributed by atoms with Crippen LogP contribution in [-0.4, -0.2) is 20.5 Å². The SMILES string of the molecule is CCCc1[nH]n(-c2ccc(F)cc2)c(=O)c1/C(C)=N/c1ccccn1. The molecule has 0 spiro atoms. The highest BCUT2D eigenvalue weighted by Crippen LogP contribution is 2.14. The summed E-state index contributed by atoms with van der Waals surface area (Å²) in [5.74, 6) is 0.210. The van der Waals surface area contributed by atoms with Gasteiger partial charge in [-0.25, -0.2) is 19.0 Å². The van der Waals surface area contributed by atoms with Gasteiger partial charge in [0.25, 0.3) is 5.56 Å². The average Bonchev–Trinajstić information content (AvgIpc) is 2.93. The Labute approximate surface area is 144 Å². The number of rotatable bonds is 5. The summed E-state index contributed by atoms with van der Waals surface area (Å²) < 4.78 is 14.6. The number of nitrogens with one attached hydrogen (secondary N) is 1. The quantitative estimate of drug-likeness (QED) is 0.719. The first-order valence-corrected chi connectivity index (χ1v) is 8.16. The fourth-order valence-corrected chi connectivity index (χ4v) is 2.71. The molecule has 0 saturated carbocycles. The number of hydrogen-bond donors (Lipinski definition) is 1. The van der Waals surface area contributed by atoms with Crippen molar-refractivity contribution >= 4 is 11.5 Å². The zero-order chi connectivity index (χ0) is 17.8. The van der Waals surface area contributed by atoms with Crippen LogP contribution in [0.2, 0.25) is 0 Å². The second kappa shape index (κ2) is 7.25.